The van der Waals surface area contributed by atoms with Crippen molar-refractivity contribution in [3.05, 3.63) is 122 Å². The Morgan fingerprint density at radius 2 is 1.76 bits per heavy atom. The number of amides is 1. The SMILES string of the molecule is Cc1cc(/C(O)=C2/C(=O)C(=O)N(c3ccc(Cl)cc3C)C2c2cccs2)ccc1OCc1ccccc1. The van der Waals surface area contributed by atoms with E-state index >= 15 is 0 Å². The smallest absolute Gasteiger partial charge is 0.300 e. The van der Waals surface area contributed by atoms with Crippen LogP contribution in [0.25, 0.3) is 5.76 Å². The molecule has 0 saturated carbocycles. The first-order valence-corrected chi connectivity index (χ1v) is 13.0. The van der Waals surface area contributed by atoms with Crippen molar-refractivity contribution in [1.82, 2.24) is 0 Å². The lowest BCUT2D eigenvalue weighted by Crippen LogP contribution is -2.29. The third-order valence-electron chi connectivity index (χ3n) is 6.36. The molecule has 1 aromatic heterocycles. The van der Waals surface area contributed by atoms with Gasteiger partial charge in [-0.1, -0.05) is 48.0 Å². The van der Waals surface area contributed by atoms with Crippen LogP contribution in [0, 0.1) is 13.8 Å². The second kappa shape index (κ2) is 10.2. The summed E-state index contributed by atoms with van der Waals surface area (Å²) in [6.07, 6.45) is 0. The number of ether oxygens (including phenoxy) is 1. The van der Waals surface area contributed by atoms with Crippen LogP contribution in [0.1, 0.15) is 33.2 Å². The Hall–Kier alpha value is -3.87. The number of ketones is 1. The monoisotopic (exact) mass is 529 g/mol. The normalized spacial score (nSPS) is 16.8. The van der Waals surface area contributed by atoms with Crippen LogP contribution < -0.4 is 9.64 Å². The van der Waals surface area contributed by atoms with Crippen molar-refractivity contribution < 1.29 is 19.4 Å². The molecule has 4 aromatic rings. The van der Waals surface area contributed by atoms with E-state index in [1.807, 2.05) is 61.7 Å². The number of anilines is 1. The first-order valence-electron chi connectivity index (χ1n) is 11.7. The molecule has 0 bridgehead atoms. The average Bonchev–Trinajstić information content (AvgIpc) is 3.51. The van der Waals surface area contributed by atoms with Gasteiger partial charge in [0, 0.05) is 21.2 Å². The Balaban J connectivity index is 1.54. The highest BCUT2D eigenvalue weighted by Gasteiger charge is 2.47. The van der Waals surface area contributed by atoms with E-state index in [4.69, 9.17) is 16.3 Å². The van der Waals surface area contributed by atoms with Crippen molar-refractivity contribution in [2.24, 2.45) is 0 Å². The van der Waals surface area contributed by atoms with Crippen LogP contribution >= 0.6 is 22.9 Å². The largest absolute Gasteiger partial charge is 0.507 e. The van der Waals surface area contributed by atoms with Crippen LogP contribution in [0.2, 0.25) is 5.02 Å². The summed E-state index contributed by atoms with van der Waals surface area (Å²) >= 11 is 7.56. The number of hydrogen-bond acceptors (Lipinski definition) is 5. The summed E-state index contributed by atoms with van der Waals surface area (Å²) in [6, 6.07) is 23.2. The van der Waals surface area contributed by atoms with Crippen LogP contribution in [0.15, 0.2) is 89.8 Å². The second-order valence-electron chi connectivity index (χ2n) is 8.87. The molecule has 1 amide bonds. The molecule has 1 saturated heterocycles. The number of aryl methyl sites for hydroxylation is 2. The van der Waals surface area contributed by atoms with Gasteiger partial charge in [-0.05, 0) is 78.4 Å². The first kappa shape index (κ1) is 24.8. The summed E-state index contributed by atoms with van der Waals surface area (Å²) in [5.74, 6) is -0.965. The van der Waals surface area contributed by atoms with E-state index in [0.29, 0.717) is 28.6 Å². The molecule has 1 aliphatic heterocycles. The van der Waals surface area contributed by atoms with Gasteiger partial charge in [0.2, 0.25) is 0 Å². The standard InChI is InChI=1S/C30H24ClNO4S/c1-18-16-22(31)11-12-23(18)32-27(25-9-6-14-37-25)26(29(34)30(32)35)28(33)21-10-13-24(19(2)15-21)36-17-20-7-4-3-5-8-20/h3-16,27,33H,17H2,1-2H3/b28-26-. The zero-order valence-electron chi connectivity index (χ0n) is 20.3. The maximum Gasteiger partial charge on any atom is 0.300 e. The second-order valence-corrected chi connectivity index (χ2v) is 10.3. The maximum atomic E-state index is 13.3. The van der Waals surface area contributed by atoms with Gasteiger partial charge in [-0.2, -0.15) is 0 Å². The number of aliphatic hydroxyl groups excluding tert-OH is 1. The maximum absolute atomic E-state index is 13.3. The lowest BCUT2D eigenvalue weighted by molar-refractivity contribution is -0.132. The number of Topliss-reactive ketones (excluding diaryl/α,β-unsaturated/α-hetero) is 1. The van der Waals surface area contributed by atoms with E-state index in [1.54, 1.807) is 36.4 Å². The number of carbonyl (C=O) groups excluding carboxylic acids is 2. The van der Waals surface area contributed by atoms with Gasteiger partial charge in [-0.15, -0.1) is 11.3 Å². The summed E-state index contributed by atoms with van der Waals surface area (Å²) in [5, 5.41) is 13.8. The molecule has 2 heterocycles. The zero-order valence-corrected chi connectivity index (χ0v) is 21.8. The summed E-state index contributed by atoms with van der Waals surface area (Å²) in [7, 11) is 0. The molecule has 5 rings (SSSR count). The number of thiophene rings is 1. The zero-order chi connectivity index (χ0) is 26.1. The van der Waals surface area contributed by atoms with Crippen LogP contribution in [0.3, 0.4) is 0 Å². The number of aliphatic hydroxyl groups is 1. The van der Waals surface area contributed by atoms with Gasteiger partial charge in [0.25, 0.3) is 11.7 Å². The number of benzene rings is 3. The van der Waals surface area contributed by atoms with E-state index < -0.39 is 17.7 Å². The fraction of sp³-hybridized carbons (Fsp3) is 0.133. The van der Waals surface area contributed by atoms with Crippen molar-refractivity contribution in [1.29, 1.82) is 0 Å². The summed E-state index contributed by atoms with van der Waals surface area (Å²) in [6.45, 7) is 4.13. The van der Waals surface area contributed by atoms with Crippen LogP contribution in [-0.4, -0.2) is 16.8 Å². The van der Waals surface area contributed by atoms with Gasteiger partial charge in [0.15, 0.2) is 0 Å². The van der Waals surface area contributed by atoms with Gasteiger partial charge in [-0.25, -0.2) is 0 Å². The molecule has 1 fully saturated rings. The van der Waals surface area contributed by atoms with E-state index in [-0.39, 0.29) is 11.3 Å². The van der Waals surface area contributed by atoms with Gasteiger partial charge in [0.1, 0.15) is 24.2 Å². The molecular weight excluding hydrogens is 506 g/mol. The fourth-order valence-electron chi connectivity index (χ4n) is 4.54. The van der Waals surface area contributed by atoms with E-state index in [0.717, 1.165) is 21.6 Å². The molecule has 0 spiro atoms. The number of nitrogens with zero attached hydrogens (tertiary/aromatic N) is 1. The van der Waals surface area contributed by atoms with Gasteiger partial charge in [0.05, 0.1) is 5.57 Å². The predicted octanol–water partition coefficient (Wildman–Crippen LogP) is 7.22. The molecule has 3 aromatic carbocycles. The van der Waals surface area contributed by atoms with E-state index in [2.05, 4.69) is 0 Å². The molecule has 37 heavy (non-hydrogen) atoms. The lowest BCUT2D eigenvalue weighted by atomic mass is 9.98. The minimum Gasteiger partial charge on any atom is -0.507 e. The van der Waals surface area contributed by atoms with Crippen LogP contribution in [0.4, 0.5) is 5.69 Å². The van der Waals surface area contributed by atoms with Crippen molar-refractivity contribution in [3.8, 4) is 5.75 Å². The molecule has 0 aliphatic carbocycles. The minimum absolute atomic E-state index is 0.0548. The summed E-state index contributed by atoms with van der Waals surface area (Å²) < 4.78 is 5.96. The highest BCUT2D eigenvalue weighted by Crippen LogP contribution is 2.45. The van der Waals surface area contributed by atoms with Crippen molar-refractivity contribution in [2.45, 2.75) is 26.5 Å². The average molecular weight is 530 g/mol. The number of rotatable bonds is 6. The Kier molecular flexibility index (Phi) is 6.87. The Morgan fingerprint density at radius 1 is 0.973 bits per heavy atom. The molecule has 0 radical (unpaired) electrons. The van der Waals surface area contributed by atoms with Crippen molar-refractivity contribution in [3.63, 3.8) is 0 Å². The highest BCUT2D eigenvalue weighted by atomic mass is 35.5. The molecule has 1 aliphatic rings. The third kappa shape index (κ3) is 4.78. The van der Waals surface area contributed by atoms with Crippen molar-refractivity contribution in [2.75, 3.05) is 4.90 Å². The van der Waals surface area contributed by atoms with Crippen molar-refractivity contribution >= 4 is 46.1 Å². The third-order valence-corrected chi connectivity index (χ3v) is 7.52. The van der Waals surface area contributed by atoms with Gasteiger partial charge >= 0.3 is 0 Å². The summed E-state index contributed by atoms with van der Waals surface area (Å²) in [4.78, 5) is 28.9. The quantitative estimate of drug-likeness (QED) is 0.163. The Bertz CT molecular complexity index is 1510. The predicted molar refractivity (Wildman–Crippen MR) is 147 cm³/mol. The van der Waals surface area contributed by atoms with E-state index in [1.165, 1.54) is 16.2 Å². The number of hydrogen-bond donors (Lipinski definition) is 1. The number of halogens is 1. The number of carbonyl (C=O) groups is 2. The molecule has 7 heteroatoms. The molecule has 5 nitrogen and oxygen atoms in total. The Labute approximate surface area is 224 Å². The Morgan fingerprint density at radius 3 is 2.43 bits per heavy atom. The minimum atomic E-state index is -0.755. The topological polar surface area (TPSA) is 66.8 Å². The van der Waals surface area contributed by atoms with Crippen LogP contribution in [-0.2, 0) is 16.2 Å². The van der Waals surface area contributed by atoms with Crippen LogP contribution in [0.5, 0.6) is 5.75 Å². The molecule has 186 valence electrons. The van der Waals surface area contributed by atoms with Gasteiger partial charge in [-0.3, -0.25) is 14.5 Å². The van der Waals surface area contributed by atoms with Gasteiger partial charge < -0.3 is 9.84 Å². The molecular formula is C30H24ClNO4S. The fourth-order valence-corrected chi connectivity index (χ4v) is 5.59. The summed E-state index contributed by atoms with van der Waals surface area (Å²) in [5.41, 5.74) is 3.67. The first-order chi connectivity index (χ1) is 17.8. The highest BCUT2D eigenvalue weighted by molar-refractivity contribution is 7.10. The molecule has 1 atom stereocenters. The molecule has 1 unspecified atom stereocenters. The molecule has 1 N–H and O–H groups in total. The lowest BCUT2D eigenvalue weighted by Gasteiger charge is -2.25. The van der Waals surface area contributed by atoms with E-state index in [9.17, 15) is 14.7 Å².